The third kappa shape index (κ3) is 3.68. The molecule has 156 valence electrons. The summed E-state index contributed by atoms with van der Waals surface area (Å²) in [5.41, 5.74) is 1.95. The lowest BCUT2D eigenvalue weighted by Gasteiger charge is -2.32. The lowest BCUT2D eigenvalue weighted by Crippen LogP contribution is -2.38. The predicted molar refractivity (Wildman–Crippen MR) is 119 cm³/mol. The quantitative estimate of drug-likeness (QED) is 0.621. The van der Waals surface area contributed by atoms with Crippen LogP contribution in [0.15, 0.2) is 48.2 Å². The van der Waals surface area contributed by atoms with Crippen molar-refractivity contribution in [1.82, 2.24) is 4.90 Å². The lowest BCUT2D eigenvalue weighted by atomic mass is 9.97. The molecule has 1 fully saturated rings. The third-order valence-corrected chi connectivity index (χ3v) is 6.44. The zero-order valence-corrected chi connectivity index (χ0v) is 18.3. The maximum absolute atomic E-state index is 13.5. The molecule has 0 bridgehead atoms. The first-order chi connectivity index (χ1) is 14.4. The molecule has 0 radical (unpaired) electrons. The van der Waals surface area contributed by atoms with Crippen LogP contribution < -0.4 is 9.64 Å². The number of amides is 2. The molecule has 4 rings (SSSR count). The Morgan fingerprint density at radius 3 is 2.20 bits per heavy atom. The molecule has 2 aliphatic heterocycles. The van der Waals surface area contributed by atoms with Crippen molar-refractivity contribution >= 4 is 46.3 Å². The number of imide groups is 1. The number of hydrogen-bond donors (Lipinski definition) is 0. The van der Waals surface area contributed by atoms with E-state index in [-0.39, 0.29) is 11.8 Å². The van der Waals surface area contributed by atoms with Crippen LogP contribution in [0.1, 0.15) is 25.3 Å². The largest absolute Gasteiger partial charge is 0.497 e. The molecule has 5 nitrogen and oxygen atoms in total. The molecule has 2 aromatic carbocycles. The molecule has 7 heteroatoms. The van der Waals surface area contributed by atoms with Gasteiger partial charge in [-0.2, -0.15) is 0 Å². The van der Waals surface area contributed by atoms with E-state index >= 15 is 0 Å². The van der Waals surface area contributed by atoms with Gasteiger partial charge in [0.15, 0.2) is 0 Å². The van der Waals surface area contributed by atoms with Crippen molar-refractivity contribution in [2.75, 3.05) is 25.1 Å². The second-order valence-electron chi connectivity index (χ2n) is 7.67. The number of benzene rings is 2. The van der Waals surface area contributed by atoms with Crippen LogP contribution in [0.5, 0.6) is 5.75 Å². The van der Waals surface area contributed by atoms with E-state index in [1.54, 1.807) is 37.4 Å². The molecule has 2 amide bonds. The fourth-order valence-corrected chi connectivity index (χ4v) is 4.21. The Kier molecular flexibility index (Phi) is 5.76. The average molecular weight is 445 g/mol. The molecule has 0 spiro atoms. The molecule has 0 saturated carbocycles. The summed E-state index contributed by atoms with van der Waals surface area (Å²) in [6, 6.07) is 12.0. The first-order valence-corrected chi connectivity index (χ1v) is 10.6. The third-order valence-electron chi connectivity index (χ3n) is 5.70. The Bertz CT molecular complexity index is 1030. The summed E-state index contributed by atoms with van der Waals surface area (Å²) in [4.78, 5) is 30.2. The molecule has 2 aromatic rings. The van der Waals surface area contributed by atoms with Crippen molar-refractivity contribution in [2.45, 2.75) is 19.8 Å². The van der Waals surface area contributed by atoms with Crippen molar-refractivity contribution in [3.8, 4) is 5.75 Å². The summed E-state index contributed by atoms with van der Waals surface area (Å²) in [6.07, 6.45) is 1.96. The van der Waals surface area contributed by atoms with E-state index in [4.69, 9.17) is 27.9 Å². The zero-order valence-electron chi connectivity index (χ0n) is 16.8. The molecule has 0 atom stereocenters. The monoisotopic (exact) mass is 444 g/mol. The van der Waals surface area contributed by atoms with Gasteiger partial charge in [-0.05, 0) is 54.7 Å². The highest BCUT2D eigenvalue weighted by atomic mass is 35.5. The number of carbonyl (C=O) groups is 2. The minimum absolute atomic E-state index is 0.293. The Morgan fingerprint density at radius 2 is 1.60 bits per heavy atom. The first kappa shape index (κ1) is 20.8. The highest BCUT2D eigenvalue weighted by molar-refractivity contribution is 6.46. The summed E-state index contributed by atoms with van der Waals surface area (Å²) in [7, 11) is 1.59. The number of rotatable bonds is 4. The minimum atomic E-state index is -0.364. The molecule has 30 heavy (non-hydrogen) atoms. The maximum atomic E-state index is 13.5. The van der Waals surface area contributed by atoms with E-state index in [2.05, 4.69) is 6.92 Å². The van der Waals surface area contributed by atoms with Crippen LogP contribution in [0.25, 0.3) is 5.57 Å². The molecule has 0 unspecified atom stereocenters. The van der Waals surface area contributed by atoms with E-state index < -0.39 is 0 Å². The van der Waals surface area contributed by atoms with Crippen molar-refractivity contribution in [3.05, 3.63) is 63.8 Å². The maximum Gasteiger partial charge on any atom is 0.282 e. The standard InChI is InChI=1S/C23H22Cl2N2O3/c1-14-9-11-26(12-10-14)21-20(15-3-6-17(30-2)7-4-15)22(28)27(23(21)29)16-5-8-18(24)19(25)13-16/h3-8,13-14H,9-12H2,1-2H3. The van der Waals surface area contributed by atoms with Crippen LogP contribution in [-0.4, -0.2) is 36.9 Å². The number of halogens is 2. The molecule has 1 saturated heterocycles. The van der Waals surface area contributed by atoms with E-state index in [0.29, 0.717) is 44.2 Å². The second-order valence-corrected chi connectivity index (χ2v) is 8.48. The number of ether oxygens (including phenoxy) is 1. The second kappa shape index (κ2) is 8.32. The van der Waals surface area contributed by atoms with Crippen molar-refractivity contribution in [2.24, 2.45) is 5.92 Å². The number of anilines is 1. The van der Waals surface area contributed by atoms with E-state index in [1.807, 2.05) is 17.0 Å². The Balaban J connectivity index is 1.80. The Morgan fingerprint density at radius 1 is 0.933 bits per heavy atom. The number of hydrogen-bond acceptors (Lipinski definition) is 4. The van der Waals surface area contributed by atoms with Crippen LogP contribution in [0.4, 0.5) is 5.69 Å². The van der Waals surface area contributed by atoms with Gasteiger partial charge in [0.05, 0.1) is 28.4 Å². The average Bonchev–Trinajstić information content (AvgIpc) is 3.01. The summed E-state index contributed by atoms with van der Waals surface area (Å²) in [6.45, 7) is 3.69. The fraction of sp³-hybridized carbons (Fsp3) is 0.304. The first-order valence-electron chi connectivity index (χ1n) is 9.88. The van der Waals surface area contributed by atoms with Gasteiger partial charge in [0.2, 0.25) is 0 Å². The summed E-state index contributed by atoms with van der Waals surface area (Å²) < 4.78 is 5.23. The van der Waals surface area contributed by atoms with Gasteiger partial charge in [0.1, 0.15) is 11.4 Å². The van der Waals surface area contributed by atoms with Crippen molar-refractivity contribution in [1.29, 1.82) is 0 Å². The summed E-state index contributed by atoms with van der Waals surface area (Å²) in [5, 5.41) is 0.661. The molecular weight excluding hydrogens is 423 g/mol. The Labute approximate surface area is 185 Å². The van der Waals surface area contributed by atoms with Crippen LogP contribution in [0.2, 0.25) is 10.0 Å². The van der Waals surface area contributed by atoms with Crippen molar-refractivity contribution < 1.29 is 14.3 Å². The van der Waals surface area contributed by atoms with Gasteiger partial charge in [0, 0.05) is 13.1 Å². The summed E-state index contributed by atoms with van der Waals surface area (Å²) >= 11 is 12.2. The molecule has 0 aliphatic carbocycles. The lowest BCUT2D eigenvalue weighted by molar-refractivity contribution is -0.120. The topological polar surface area (TPSA) is 49.9 Å². The van der Waals surface area contributed by atoms with Gasteiger partial charge >= 0.3 is 0 Å². The van der Waals surface area contributed by atoms with Crippen LogP contribution in [0, 0.1) is 5.92 Å². The van der Waals surface area contributed by atoms with Gasteiger partial charge in [-0.25, -0.2) is 4.90 Å². The smallest absolute Gasteiger partial charge is 0.282 e. The molecule has 0 N–H and O–H groups in total. The van der Waals surface area contributed by atoms with Crippen LogP contribution >= 0.6 is 23.2 Å². The highest BCUT2D eigenvalue weighted by Crippen LogP contribution is 2.38. The number of carbonyl (C=O) groups excluding carboxylic acids is 2. The minimum Gasteiger partial charge on any atom is -0.497 e. The molecule has 0 aromatic heterocycles. The predicted octanol–water partition coefficient (Wildman–Crippen LogP) is 5.02. The molecule has 2 aliphatic rings. The van der Waals surface area contributed by atoms with Crippen LogP contribution in [0.3, 0.4) is 0 Å². The van der Waals surface area contributed by atoms with Gasteiger partial charge < -0.3 is 9.64 Å². The highest BCUT2D eigenvalue weighted by Gasteiger charge is 2.43. The summed E-state index contributed by atoms with van der Waals surface area (Å²) in [5.74, 6) is 0.589. The van der Waals surface area contributed by atoms with Gasteiger partial charge in [-0.1, -0.05) is 42.3 Å². The van der Waals surface area contributed by atoms with E-state index in [9.17, 15) is 9.59 Å². The molecule has 2 heterocycles. The van der Waals surface area contributed by atoms with E-state index in [1.165, 1.54) is 4.90 Å². The number of piperidine rings is 1. The fourth-order valence-electron chi connectivity index (χ4n) is 3.92. The van der Waals surface area contributed by atoms with Gasteiger partial charge in [0.25, 0.3) is 11.8 Å². The van der Waals surface area contributed by atoms with Gasteiger partial charge in [-0.3, -0.25) is 9.59 Å². The van der Waals surface area contributed by atoms with Crippen LogP contribution in [-0.2, 0) is 9.59 Å². The van der Waals surface area contributed by atoms with Crippen molar-refractivity contribution in [3.63, 3.8) is 0 Å². The van der Waals surface area contributed by atoms with E-state index in [0.717, 1.165) is 25.9 Å². The number of nitrogens with zero attached hydrogens (tertiary/aromatic N) is 2. The Hall–Kier alpha value is -2.50. The van der Waals surface area contributed by atoms with Gasteiger partial charge in [-0.15, -0.1) is 0 Å². The zero-order chi connectivity index (χ0) is 21.4. The molecular formula is C23H22Cl2N2O3. The number of methoxy groups -OCH3 is 1. The normalized spacial score (nSPS) is 17.9. The SMILES string of the molecule is COc1ccc(C2=C(N3CCC(C)CC3)C(=O)N(c3ccc(Cl)c(Cl)c3)C2=O)cc1. The number of likely N-dealkylation sites (tertiary alicyclic amines) is 1.